The average molecular weight is 299 g/mol. The Hall–Kier alpha value is -1.30. The van der Waals surface area contributed by atoms with Crippen molar-refractivity contribution in [3.05, 3.63) is 0 Å². The molecule has 3 saturated carbocycles. The van der Waals surface area contributed by atoms with Crippen molar-refractivity contribution in [3.8, 4) is 0 Å². The monoisotopic (exact) mass is 299 g/mol. The second kappa shape index (κ2) is 5.16. The molecule has 1 atom stereocenters. The predicted octanol–water partition coefficient (Wildman–Crippen LogP) is 2.31. The normalized spacial score (nSPS) is 35.3. The lowest BCUT2D eigenvalue weighted by Gasteiger charge is -2.54. The molecule has 3 fully saturated rings. The molecule has 0 radical (unpaired) electrons. The van der Waals surface area contributed by atoms with Crippen LogP contribution in [0.2, 0.25) is 0 Å². The van der Waals surface area contributed by atoms with E-state index in [1.54, 1.807) is 27.9 Å². The number of amides is 1. The van der Waals surface area contributed by atoms with Gasteiger partial charge in [-0.3, -0.25) is 4.79 Å². The quantitative estimate of drug-likeness (QED) is 0.835. The summed E-state index contributed by atoms with van der Waals surface area (Å²) in [6.07, 6.45) is 2.46. The zero-order valence-electron chi connectivity index (χ0n) is 13.2. The molecular formula is C15H25NO5. The van der Waals surface area contributed by atoms with Crippen LogP contribution in [0.15, 0.2) is 0 Å². The van der Waals surface area contributed by atoms with E-state index in [0.717, 1.165) is 12.8 Å². The summed E-state index contributed by atoms with van der Waals surface area (Å²) in [4.78, 5) is 23.8. The third-order valence-electron chi connectivity index (χ3n) is 4.85. The standard InChI is InChI=1S/C15H25NO5/c1-13(2,3)21-12(19)16-10-9-14(20-4)5-7-15(10,8-6-14)11(17)18/h10H,5-9H2,1-4H3,(H,16,19)(H,17,18). The van der Waals surface area contributed by atoms with E-state index in [1.807, 2.05) is 0 Å². The van der Waals surface area contributed by atoms with Gasteiger partial charge in [0.05, 0.1) is 17.1 Å². The number of ether oxygens (including phenoxy) is 2. The van der Waals surface area contributed by atoms with Gasteiger partial charge < -0.3 is 19.9 Å². The highest BCUT2D eigenvalue weighted by Crippen LogP contribution is 2.53. The van der Waals surface area contributed by atoms with E-state index in [1.165, 1.54) is 0 Å². The molecule has 3 rings (SSSR count). The molecule has 1 unspecified atom stereocenters. The van der Waals surface area contributed by atoms with Crippen LogP contribution in [0.3, 0.4) is 0 Å². The molecule has 2 N–H and O–H groups in total. The van der Waals surface area contributed by atoms with Crippen molar-refractivity contribution in [1.29, 1.82) is 0 Å². The van der Waals surface area contributed by atoms with Crippen LogP contribution < -0.4 is 5.32 Å². The molecule has 6 heteroatoms. The predicted molar refractivity (Wildman–Crippen MR) is 76.1 cm³/mol. The maximum Gasteiger partial charge on any atom is 0.407 e. The summed E-state index contributed by atoms with van der Waals surface area (Å²) in [5, 5.41) is 12.4. The number of rotatable bonds is 3. The summed E-state index contributed by atoms with van der Waals surface area (Å²) in [5.74, 6) is -0.840. The maximum absolute atomic E-state index is 12.0. The average Bonchev–Trinajstić information content (AvgIpc) is 2.37. The maximum atomic E-state index is 12.0. The van der Waals surface area contributed by atoms with Crippen LogP contribution >= 0.6 is 0 Å². The second-order valence-electron chi connectivity index (χ2n) is 7.25. The molecule has 120 valence electrons. The van der Waals surface area contributed by atoms with E-state index >= 15 is 0 Å². The molecule has 0 aromatic rings. The molecular weight excluding hydrogens is 274 g/mol. The van der Waals surface area contributed by atoms with E-state index in [9.17, 15) is 14.7 Å². The van der Waals surface area contributed by atoms with E-state index < -0.39 is 29.1 Å². The molecule has 1 amide bonds. The number of carboxylic acids is 1. The Morgan fingerprint density at radius 1 is 1.19 bits per heavy atom. The Balaban J connectivity index is 2.16. The van der Waals surface area contributed by atoms with Gasteiger partial charge in [-0.05, 0) is 52.9 Å². The lowest BCUT2D eigenvalue weighted by molar-refractivity contribution is -0.175. The number of fused-ring (bicyclic) bond motifs is 3. The van der Waals surface area contributed by atoms with Crippen molar-refractivity contribution in [2.75, 3.05) is 7.11 Å². The minimum atomic E-state index is -0.892. The number of nitrogens with one attached hydrogen (secondary N) is 1. The van der Waals surface area contributed by atoms with Crippen LogP contribution in [-0.4, -0.2) is 41.5 Å². The molecule has 3 aliphatic rings. The Morgan fingerprint density at radius 2 is 1.76 bits per heavy atom. The topological polar surface area (TPSA) is 84.9 Å². The summed E-state index contributed by atoms with van der Waals surface area (Å²) < 4.78 is 10.9. The summed E-state index contributed by atoms with van der Waals surface area (Å²) in [5.41, 5.74) is -1.80. The Labute approximate surface area is 125 Å². The number of hydrogen-bond donors (Lipinski definition) is 2. The molecule has 0 heterocycles. The summed E-state index contributed by atoms with van der Waals surface area (Å²) in [6.45, 7) is 5.34. The zero-order valence-corrected chi connectivity index (χ0v) is 13.2. The first-order chi connectivity index (χ1) is 9.62. The number of aliphatic carboxylic acids is 1. The highest BCUT2D eigenvalue weighted by molar-refractivity contribution is 5.78. The largest absolute Gasteiger partial charge is 0.481 e. The zero-order chi connectivity index (χ0) is 15.9. The van der Waals surface area contributed by atoms with Gasteiger partial charge in [-0.2, -0.15) is 0 Å². The summed E-state index contributed by atoms with van der Waals surface area (Å²) in [7, 11) is 1.66. The van der Waals surface area contributed by atoms with E-state index in [0.29, 0.717) is 19.3 Å². The van der Waals surface area contributed by atoms with Gasteiger partial charge in [0.1, 0.15) is 5.60 Å². The lowest BCUT2D eigenvalue weighted by Crippen LogP contribution is -2.64. The van der Waals surface area contributed by atoms with Crippen molar-refractivity contribution in [2.45, 2.75) is 70.1 Å². The minimum absolute atomic E-state index is 0.309. The number of carboxylic acid groups (broad SMARTS) is 1. The lowest BCUT2D eigenvalue weighted by atomic mass is 9.56. The van der Waals surface area contributed by atoms with Gasteiger partial charge >= 0.3 is 12.1 Å². The number of carbonyl (C=O) groups is 2. The molecule has 6 nitrogen and oxygen atoms in total. The molecule has 21 heavy (non-hydrogen) atoms. The van der Waals surface area contributed by atoms with Crippen molar-refractivity contribution >= 4 is 12.1 Å². The Bertz CT molecular complexity index is 432. The van der Waals surface area contributed by atoms with Gasteiger partial charge in [0.15, 0.2) is 0 Å². The highest BCUT2D eigenvalue weighted by atomic mass is 16.6. The number of hydrogen-bond acceptors (Lipinski definition) is 4. The van der Waals surface area contributed by atoms with Gasteiger partial charge in [0.2, 0.25) is 0 Å². The molecule has 3 aliphatic carbocycles. The van der Waals surface area contributed by atoms with Crippen LogP contribution in [0.5, 0.6) is 0 Å². The molecule has 2 bridgehead atoms. The first-order valence-corrected chi connectivity index (χ1v) is 7.41. The fourth-order valence-corrected chi connectivity index (χ4v) is 3.56. The first-order valence-electron chi connectivity index (χ1n) is 7.41. The summed E-state index contributed by atoms with van der Waals surface area (Å²) in [6, 6.07) is -0.452. The van der Waals surface area contributed by atoms with E-state index in [2.05, 4.69) is 5.32 Å². The molecule has 0 saturated heterocycles. The van der Waals surface area contributed by atoms with Gasteiger partial charge in [0.25, 0.3) is 0 Å². The van der Waals surface area contributed by atoms with Crippen molar-refractivity contribution in [1.82, 2.24) is 5.32 Å². The van der Waals surface area contributed by atoms with Gasteiger partial charge in [-0.15, -0.1) is 0 Å². The van der Waals surface area contributed by atoms with Gasteiger partial charge in [-0.25, -0.2) is 4.79 Å². The van der Waals surface area contributed by atoms with Crippen LogP contribution in [-0.2, 0) is 14.3 Å². The van der Waals surface area contributed by atoms with E-state index in [-0.39, 0.29) is 5.60 Å². The van der Waals surface area contributed by atoms with Gasteiger partial charge in [-0.1, -0.05) is 0 Å². The van der Waals surface area contributed by atoms with Crippen molar-refractivity contribution < 1.29 is 24.2 Å². The number of methoxy groups -OCH3 is 1. The molecule has 0 aromatic heterocycles. The van der Waals surface area contributed by atoms with Gasteiger partial charge in [0, 0.05) is 7.11 Å². The van der Waals surface area contributed by atoms with Crippen LogP contribution in [0.25, 0.3) is 0 Å². The van der Waals surface area contributed by atoms with Crippen LogP contribution in [0, 0.1) is 5.41 Å². The summed E-state index contributed by atoms with van der Waals surface area (Å²) >= 11 is 0. The Kier molecular flexibility index (Phi) is 3.95. The fourth-order valence-electron chi connectivity index (χ4n) is 3.56. The number of alkyl carbamates (subject to hydrolysis) is 1. The van der Waals surface area contributed by atoms with Crippen LogP contribution in [0.4, 0.5) is 4.79 Å². The molecule has 0 aliphatic heterocycles. The van der Waals surface area contributed by atoms with Crippen molar-refractivity contribution in [2.24, 2.45) is 5.41 Å². The molecule has 0 aromatic carbocycles. The second-order valence-corrected chi connectivity index (χ2v) is 7.25. The highest BCUT2D eigenvalue weighted by Gasteiger charge is 2.59. The smallest absolute Gasteiger partial charge is 0.407 e. The third-order valence-corrected chi connectivity index (χ3v) is 4.85. The minimum Gasteiger partial charge on any atom is -0.481 e. The SMILES string of the molecule is COC12CCC(C(=O)O)(CC1)C(NC(=O)OC(C)(C)C)C2. The first kappa shape index (κ1) is 16.1. The van der Waals surface area contributed by atoms with Crippen molar-refractivity contribution in [3.63, 3.8) is 0 Å². The Morgan fingerprint density at radius 3 is 2.19 bits per heavy atom. The van der Waals surface area contributed by atoms with Crippen LogP contribution in [0.1, 0.15) is 52.9 Å². The molecule has 0 spiro atoms. The number of carbonyl (C=O) groups excluding carboxylic acids is 1. The third kappa shape index (κ3) is 3.00. The fraction of sp³-hybridized carbons (Fsp3) is 0.867. The van der Waals surface area contributed by atoms with E-state index in [4.69, 9.17) is 9.47 Å².